The molecule has 0 bridgehead atoms. The van der Waals surface area contributed by atoms with Gasteiger partial charge in [0.15, 0.2) is 0 Å². The van der Waals surface area contributed by atoms with Crippen LogP contribution in [0.4, 0.5) is 5.69 Å². The van der Waals surface area contributed by atoms with Crippen molar-refractivity contribution in [1.29, 1.82) is 0 Å². The molecule has 52 valence electrons. The number of thiol groups is 1. The van der Waals surface area contributed by atoms with Crippen molar-refractivity contribution in [3.05, 3.63) is 34.7 Å². The summed E-state index contributed by atoms with van der Waals surface area (Å²) in [4.78, 5) is 9.94. The van der Waals surface area contributed by atoms with Crippen LogP contribution in [0.15, 0.2) is 29.4 Å². The minimum absolute atomic E-state index is 0.463. The number of benzene rings is 1. The van der Waals surface area contributed by atoms with Crippen molar-refractivity contribution in [3.63, 3.8) is 0 Å². The molecule has 0 spiro atoms. The van der Waals surface area contributed by atoms with E-state index in [9.17, 15) is 4.91 Å². The summed E-state index contributed by atoms with van der Waals surface area (Å²) in [6, 6.07) is 7.03. The Morgan fingerprint density at radius 1 is 1.30 bits per heavy atom. The van der Waals surface area contributed by atoms with Crippen LogP contribution in [0.5, 0.6) is 0 Å². The first kappa shape index (κ1) is 7.28. The van der Waals surface area contributed by atoms with Gasteiger partial charge in [-0.15, -0.1) is 4.91 Å². The molecule has 3 heteroatoms. The van der Waals surface area contributed by atoms with Gasteiger partial charge in [0.2, 0.25) is 0 Å². The fourth-order valence-electron chi connectivity index (χ4n) is 0.662. The lowest BCUT2D eigenvalue weighted by molar-refractivity contribution is 1.40. The van der Waals surface area contributed by atoms with Crippen molar-refractivity contribution in [1.82, 2.24) is 0 Å². The van der Waals surface area contributed by atoms with Crippen LogP contribution in [0, 0.1) is 4.91 Å². The molecule has 1 aromatic rings. The number of rotatable bonds is 2. The molecule has 0 amide bonds. The standard InChI is InChI=1S/C7H7NOS/c9-8-7-3-1-6(5-10)2-4-7/h1-4,10H,5H2. The second kappa shape index (κ2) is 3.37. The second-order valence-corrected chi connectivity index (χ2v) is 2.23. The van der Waals surface area contributed by atoms with Crippen molar-refractivity contribution in [2.75, 3.05) is 0 Å². The summed E-state index contributed by atoms with van der Waals surface area (Å²) >= 11 is 4.06. The maximum absolute atomic E-state index is 9.94. The van der Waals surface area contributed by atoms with E-state index in [1.165, 1.54) is 0 Å². The van der Waals surface area contributed by atoms with Gasteiger partial charge in [-0.05, 0) is 22.9 Å². The summed E-state index contributed by atoms with van der Waals surface area (Å²) in [5.41, 5.74) is 1.56. The number of nitrogens with zero attached hydrogens (tertiary/aromatic N) is 1. The molecular weight excluding hydrogens is 146 g/mol. The van der Waals surface area contributed by atoms with E-state index < -0.39 is 0 Å². The van der Waals surface area contributed by atoms with Crippen LogP contribution in [0.25, 0.3) is 0 Å². The fraction of sp³-hybridized carbons (Fsp3) is 0.143. The zero-order chi connectivity index (χ0) is 7.40. The maximum atomic E-state index is 9.94. The molecule has 1 aromatic carbocycles. The highest BCUT2D eigenvalue weighted by atomic mass is 32.1. The van der Waals surface area contributed by atoms with Crippen LogP contribution >= 0.6 is 12.6 Å². The van der Waals surface area contributed by atoms with E-state index >= 15 is 0 Å². The second-order valence-electron chi connectivity index (χ2n) is 1.92. The van der Waals surface area contributed by atoms with Gasteiger partial charge in [0.05, 0.1) is 0 Å². The van der Waals surface area contributed by atoms with Gasteiger partial charge >= 0.3 is 0 Å². The highest BCUT2D eigenvalue weighted by molar-refractivity contribution is 7.79. The molecule has 1 rings (SSSR count). The lowest BCUT2D eigenvalue weighted by Crippen LogP contribution is -1.73. The van der Waals surface area contributed by atoms with E-state index in [1.54, 1.807) is 12.1 Å². The Kier molecular flexibility index (Phi) is 2.45. The Labute approximate surface area is 64.6 Å². The van der Waals surface area contributed by atoms with Gasteiger partial charge < -0.3 is 0 Å². The molecule has 0 aromatic heterocycles. The summed E-state index contributed by atoms with van der Waals surface area (Å²) in [7, 11) is 0. The van der Waals surface area contributed by atoms with Crippen LogP contribution in [-0.2, 0) is 5.75 Å². The Balaban J connectivity index is 2.90. The van der Waals surface area contributed by atoms with Gasteiger partial charge in [0.25, 0.3) is 0 Å². The molecule has 10 heavy (non-hydrogen) atoms. The maximum Gasteiger partial charge on any atom is 0.108 e. The SMILES string of the molecule is O=Nc1ccc(CS)cc1. The minimum atomic E-state index is 0.463. The molecule has 0 atom stereocenters. The molecule has 0 unspecified atom stereocenters. The molecule has 0 radical (unpaired) electrons. The zero-order valence-corrected chi connectivity index (χ0v) is 6.21. The highest BCUT2D eigenvalue weighted by Gasteiger charge is 1.89. The average molecular weight is 153 g/mol. The summed E-state index contributed by atoms with van der Waals surface area (Å²) in [5.74, 6) is 0.694. The predicted molar refractivity (Wildman–Crippen MR) is 44.6 cm³/mol. The third-order valence-electron chi connectivity index (χ3n) is 1.22. The largest absolute Gasteiger partial charge is 0.175 e. The molecule has 0 aliphatic carbocycles. The van der Waals surface area contributed by atoms with Crippen molar-refractivity contribution >= 4 is 18.3 Å². The lowest BCUT2D eigenvalue weighted by Gasteiger charge is -1.92. The van der Waals surface area contributed by atoms with Gasteiger partial charge in [0.1, 0.15) is 5.69 Å². The Hall–Kier alpha value is -0.830. The van der Waals surface area contributed by atoms with Crippen LogP contribution in [-0.4, -0.2) is 0 Å². The summed E-state index contributed by atoms with van der Waals surface area (Å²) in [6.07, 6.45) is 0. The Morgan fingerprint density at radius 2 is 1.90 bits per heavy atom. The molecule has 0 heterocycles. The first-order chi connectivity index (χ1) is 4.86. The van der Waals surface area contributed by atoms with E-state index in [-0.39, 0.29) is 0 Å². The van der Waals surface area contributed by atoms with Crippen LogP contribution < -0.4 is 0 Å². The fourth-order valence-corrected chi connectivity index (χ4v) is 0.873. The molecule has 0 N–H and O–H groups in total. The third-order valence-corrected chi connectivity index (χ3v) is 1.59. The normalized spacial score (nSPS) is 9.30. The van der Waals surface area contributed by atoms with E-state index in [1.807, 2.05) is 12.1 Å². The van der Waals surface area contributed by atoms with E-state index in [0.29, 0.717) is 11.4 Å². The summed E-state index contributed by atoms with van der Waals surface area (Å²) in [6.45, 7) is 0. The predicted octanol–water partition coefficient (Wildman–Crippen LogP) is 2.51. The van der Waals surface area contributed by atoms with Crippen LogP contribution in [0.1, 0.15) is 5.56 Å². The van der Waals surface area contributed by atoms with Crippen molar-refractivity contribution in [2.45, 2.75) is 5.75 Å². The molecule has 0 saturated carbocycles. The van der Waals surface area contributed by atoms with E-state index in [0.717, 1.165) is 5.56 Å². The van der Waals surface area contributed by atoms with E-state index in [4.69, 9.17) is 0 Å². The van der Waals surface area contributed by atoms with Crippen molar-refractivity contribution in [3.8, 4) is 0 Å². The smallest absolute Gasteiger partial charge is 0.108 e. The highest BCUT2D eigenvalue weighted by Crippen LogP contribution is 2.12. The molecule has 2 nitrogen and oxygen atoms in total. The van der Waals surface area contributed by atoms with Gasteiger partial charge in [-0.3, -0.25) is 0 Å². The summed E-state index contributed by atoms with van der Waals surface area (Å²) in [5, 5.41) is 2.77. The van der Waals surface area contributed by atoms with E-state index in [2.05, 4.69) is 17.8 Å². The monoisotopic (exact) mass is 153 g/mol. The molecule has 0 aliphatic heterocycles. The lowest BCUT2D eigenvalue weighted by atomic mass is 10.2. The summed E-state index contributed by atoms with van der Waals surface area (Å²) < 4.78 is 0. The number of nitroso groups, excluding NO2 is 1. The quantitative estimate of drug-likeness (QED) is 0.513. The number of hydrogen-bond acceptors (Lipinski definition) is 3. The average Bonchev–Trinajstić information content (AvgIpc) is 2.05. The van der Waals surface area contributed by atoms with Crippen LogP contribution in [0.3, 0.4) is 0 Å². The molecular formula is C7H7NOS. The Morgan fingerprint density at radius 3 is 2.30 bits per heavy atom. The third kappa shape index (κ3) is 1.57. The van der Waals surface area contributed by atoms with Gasteiger partial charge in [0, 0.05) is 5.75 Å². The van der Waals surface area contributed by atoms with Gasteiger partial charge in [-0.25, -0.2) is 0 Å². The molecule has 0 saturated heterocycles. The van der Waals surface area contributed by atoms with Crippen molar-refractivity contribution < 1.29 is 0 Å². The first-order valence-electron chi connectivity index (χ1n) is 2.90. The zero-order valence-electron chi connectivity index (χ0n) is 5.32. The molecule has 0 aliphatic rings. The minimum Gasteiger partial charge on any atom is -0.175 e. The Bertz CT molecular complexity index is 220. The van der Waals surface area contributed by atoms with Gasteiger partial charge in [-0.1, -0.05) is 12.1 Å². The van der Waals surface area contributed by atoms with Gasteiger partial charge in [-0.2, -0.15) is 12.6 Å². The van der Waals surface area contributed by atoms with Crippen LogP contribution in [0.2, 0.25) is 0 Å². The first-order valence-corrected chi connectivity index (χ1v) is 3.53. The topological polar surface area (TPSA) is 29.4 Å². The number of hydrogen-bond donors (Lipinski definition) is 1. The van der Waals surface area contributed by atoms with Crippen molar-refractivity contribution in [2.24, 2.45) is 5.18 Å². The molecule has 0 fully saturated rings.